The predicted molar refractivity (Wildman–Crippen MR) is 77.9 cm³/mol. The maximum atomic E-state index is 13.8. The number of nitrogens with zero attached hydrogens (tertiary/aromatic N) is 1. The van der Waals surface area contributed by atoms with Gasteiger partial charge < -0.3 is 15.0 Å². The highest BCUT2D eigenvalue weighted by Crippen LogP contribution is 2.19. The van der Waals surface area contributed by atoms with Gasteiger partial charge in [-0.3, -0.25) is 0 Å². The molecule has 2 rings (SSSR count). The van der Waals surface area contributed by atoms with Crippen molar-refractivity contribution in [1.82, 2.24) is 10.2 Å². The minimum absolute atomic E-state index is 0.0992. The van der Waals surface area contributed by atoms with E-state index in [1.54, 1.807) is 6.07 Å². The average molecular weight is 331 g/mol. The molecule has 2 atom stereocenters. The van der Waals surface area contributed by atoms with Crippen molar-refractivity contribution in [3.05, 3.63) is 34.1 Å². The standard InChI is InChI=1S/C14H20BrFN2O/c1-17-13(14-9-18(2)5-6-19-14)8-10-7-11(15)3-4-12(10)16/h3-4,7,13-14,17H,5-6,8-9H2,1-2H3. The summed E-state index contributed by atoms with van der Waals surface area (Å²) >= 11 is 3.39. The van der Waals surface area contributed by atoms with Crippen molar-refractivity contribution < 1.29 is 9.13 Å². The Labute approximate surface area is 122 Å². The second-order valence-corrected chi connectivity index (χ2v) is 5.92. The van der Waals surface area contributed by atoms with Gasteiger partial charge in [0.15, 0.2) is 0 Å². The van der Waals surface area contributed by atoms with E-state index in [0.29, 0.717) is 12.0 Å². The Kier molecular flexibility index (Phi) is 5.33. The van der Waals surface area contributed by atoms with Gasteiger partial charge in [0.05, 0.1) is 12.7 Å². The van der Waals surface area contributed by atoms with Crippen LogP contribution in [0.15, 0.2) is 22.7 Å². The van der Waals surface area contributed by atoms with Crippen LogP contribution in [0.4, 0.5) is 4.39 Å². The van der Waals surface area contributed by atoms with Crippen LogP contribution in [0.2, 0.25) is 0 Å². The lowest BCUT2D eigenvalue weighted by Crippen LogP contribution is -2.51. The highest BCUT2D eigenvalue weighted by molar-refractivity contribution is 9.10. The number of hydrogen-bond acceptors (Lipinski definition) is 3. The Morgan fingerprint density at radius 1 is 1.58 bits per heavy atom. The van der Waals surface area contributed by atoms with Gasteiger partial charge in [-0.05, 0) is 44.3 Å². The van der Waals surface area contributed by atoms with Gasteiger partial charge in [0.1, 0.15) is 5.82 Å². The maximum absolute atomic E-state index is 13.8. The van der Waals surface area contributed by atoms with Gasteiger partial charge in [0.25, 0.3) is 0 Å². The van der Waals surface area contributed by atoms with Crippen molar-refractivity contribution in [2.24, 2.45) is 0 Å². The van der Waals surface area contributed by atoms with E-state index in [2.05, 4.69) is 33.2 Å². The molecule has 0 aromatic heterocycles. The molecule has 0 radical (unpaired) electrons. The quantitative estimate of drug-likeness (QED) is 0.914. The van der Waals surface area contributed by atoms with Crippen molar-refractivity contribution in [3.63, 3.8) is 0 Å². The van der Waals surface area contributed by atoms with Crippen LogP contribution >= 0.6 is 15.9 Å². The number of ether oxygens (including phenoxy) is 1. The zero-order valence-corrected chi connectivity index (χ0v) is 12.9. The topological polar surface area (TPSA) is 24.5 Å². The summed E-state index contributed by atoms with van der Waals surface area (Å²) in [5.41, 5.74) is 0.713. The Hall–Kier alpha value is -0.490. The molecule has 2 unspecified atom stereocenters. The van der Waals surface area contributed by atoms with Crippen LogP contribution in [0.1, 0.15) is 5.56 Å². The van der Waals surface area contributed by atoms with E-state index in [4.69, 9.17) is 4.74 Å². The molecule has 0 amide bonds. The van der Waals surface area contributed by atoms with Crippen molar-refractivity contribution in [2.75, 3.05) is 33.8 Å². The molecule has 106 valence electrons. The third-order valence-electron chi connectivity index (χ3n) is 3.56. The summed E-state index contributed by atoms with van der Waals surface area (Å²) in [5, 5.41) is 3.25. The molecule has 5 heteroatoms. The van der Waals surface area contributed by atoms with Crippen LogP contribution in [-0.2, 0) is 11.2 Å². The fraction of sp³-hybridized carbons (Fsp3) is 0.571. The molecule has 0 aliphatic carbocycles. The van der Waals surface area contributed by atoms with E-state index in [1.807, 2.05) is 13.1 Å². The van der Waals surface area contributed by atoms with E-state index < -0.39 is 0 Å². The van der Waals surface area contributed by atoms with E-state index >= 15 is 0 Å². The zero-order chi connectivity index (χ0) is 13.8. The fourth-order valence-corrected chi connectivity index (χ4v) is 2.82. The van der Waals surface area contributed by atoms with Crippen LogP contribution < -0.4 is 5.32 Å². The molecule has 0 saturated carbocycles. The molecule has 1 aromatic rings. The minimum Gasteiger partial charge on any atom is -0.374 e. The molecule has 1 aromatic carbocycles. The molecule has 1 heterocycles. The van der Waals surface area contributed by atoms with Gasteiger partial charge in [-0.2, -0.15) is 0 Å². The van der Waals surface area contributed by atoms with E-state index in [1.165, 1.54) is 6.07 Å². The fourth-order valence-electron chi connectivity index (χ4n) is 2.41. The monoisotopic (exact) mass is 330 g/mol. The van der Waals surface area contributed by atoms with Gasteiger partial charge >= 0.3 is 0 Å². The molecule has 1 N–H and O–H groups in total. The highest BCUT2D eigenvalue weighted by Gasteiger charge is 2.26. The van der Waals surface area contributed by atoms with Crippen molar-refractivity contribution in [1.29, 1.82) is 0 Å². The lowest BCUT2D eigenvalue weighted by molar-refractivity contribution is -0.0373. The van der Waals surface area contributed by atoms with Crippen molar-refractivity contribution >= 4 is 15.9 Å². The summed E-state index contributed by atoms with van der Waals surface area (Å²) in [6.07, 6.45) is 0.724. The lowest BCUT2D eigenvalue weighted by atomic mass is 10.00. The summed E-state index contributed by atoms with van der Waals surface area (Å²) in [5.74, 6) is -0.160. The van der Waals surface area contributed by atoms with Crippen LogP contribution in [0.25, 0.3) is 0 Å². The number of benzene rings is 1. The third-order valence-corrected chi connectivity index (χ3v) is 4.06. The molecule has 1 aliphatic heterocycles. The zero-order valence-electron chi connectivity index (χ0n) is 11.3. The van der Waals surface area contributed by atoms with Crippen molar-refractivity contribution in [3.8, 4) is 0 Å². The molecular formula is C14H20BrFN2O. The molecule has 0 spiro atoms. The van der Waals surface area contributed by atoms with Crippen LogP contribution in [-0.4, -0.2) is 50.8 Å². The average Bonchev–Trinajstić information content (AvgIpc) is 2.39. The number of morpholine rings is 1. The number of halogens is 2. The molecule has 1 fully saturated rings. The summed E-state index contributed by atoms with van der Waals surface area (Å²) in [6.45, 7) is 2.57. The van der Waals surface area contributed by atoms with Crippen LogP contribution in [0, 0.1) is 5.82 Å². The Morgan fingerprint density at radius 2 is 2.37 bits per heavy atom. The lowest BCUT2D eigenvalue weighted by Gasteiger charge is -2.35. The van der Waals surface area contributed by atoms with E-state index in [-0.39, 0.29) is 18.0 Å². The van der Waals surface area contributed by atoms with Gasteiger partial charge in [-0.1, -0.05) is 15.9 Å². The van der Waals surface area contributed by atoms with E-state index in [0.717, 1.165) is 24.2 Å². The first-order chi connectivity index (χ1) is 9.10. The first-order valence-corrected chi connectivity index (χ1v) is 7.31. The number of nitrogens with one attached hydrogen (secondary N) is 1. The Balaban J connectivity index is 2.07. The highest BCUT2D eigenvalue weighted by atomic mass is 79.9. The third kappa shape index (κ3) is 3.99. The summed E-state index contributed by atoms with van der Waals surface area (Å²) < 4.78 is 20.5. The van der Waals surface area contributed by atoms with Gasteiger partial charge in [0.2, 0.25) is 0 Å². The molecule has 19 heavy (non-hydrogen) atoms. The Morgan fingerprint density at radius 3 is 3.05 bits per heavy atom. The molecule has 1 aliphatic rings. The molecule has 1 saturated heterocycles. The largest absolute Gasteiger partial charge is 0.374 e. The predicted octanol–water partition coefficient (Wildman–Crippen LogP) is 2.05. The normalized spacial score (nSPS) is 22.4. The number of rotatable bonds is 4. The van der Waals surface area contributed by atoms with Crippen molar-refractivity contribution in [2.45, 2.75) is 18.6 Å². The first-order valence-electron chi connectivity index (χ1n) is 6.51. The minimum atomic E-state index is -0.160. The molecule has 0 bridgehead atoms. The maximum Gasteiger partial charge on any atom is 0.126 e. The molecular weight excluding hydrogens is 311 g/mol. The SMILES string of the molecule is CNC(Cc1cc(Br)ccc1F)C1CN(C)CCO1. The van der Waals surface area contributed by atoms with Gasteiger partial charge in [-0.25, -0.2) is 4.39 Å². The second kappa shape index (κ2) is 6.79. The number of hydrogen-bond donors (Lipinski definition) is 1. The summed E-state index contributed by atoms with van der Waals surface area (Å²) in [6, 6.07) is 5.18. The summed E-state index contributed by atoms with van der Waals surface area (Å²) in [4.78, 5) is 2.25. The van der Waals surface area contributed by atoms with Gasteiger partial charge in [0, 0.05) is 23.6 Å². The van der Waals surface area contributed by atoms with Crippen LogP contribution in [0.3, 0.4) is 0 Å². The second-order valence-electron chi connectivity index (χ2n) is 5.01. The first kappa shape index (κ1) is 14.9. The number of likely N-dealkylation sites (N-methyl/N-ethyl adjacent to an activating group) is 2. The summed E-state index contributed by atoms with van der Waals surface area (Å²) in [7, 11) is 3.99. The van der Waals surface area contributed by atoms with Gasteiger partial charge in [-0.15, -0.1) is 0 Å². The van der Waals surface area contributed by atoms with Crippen LogP contribution in [0.5, 0.6) is 0 Å². The smallest absolute Gasteiger partial charge is 0.126 e. The Bertz CT molecular complexity index is 430. The molecule has 3 nitrogen and oxygen atoms in total. The van der Waals surface area contributed by atoms with E-state index in [9.17, 15) is 4.39 Å².